The maximum absolute atomic E-state index is 12.2. The quantitative estimate of drug-likeness (QED) is 0.249. The zero-order valence-electron chi connectivity index (χ0n) is 17.1. The molecule has 4 aromatic carbocycles. The summed E-state index contributed by atoms with van der Waals surface area (Å²) in [6.07, 6.45) is 0. The number of benzene rings is 4. The van der Waals surface area contributed by atoms with Crippen LogP contribution in [0.15, 0.2) is 84.9 Å². The molecule has 0 aliphatic rings. The van der Waals surface area contributed by atoms with E-state index in [4.69, 9.17) is 19.9 Å². The third-order valence-electron chi connectivity index (χ3n) is 5.03. The van der Waals surface area contributed by atoms with E-state index >= 15 is 0 Å². The third kappa shape index (κ3) is 4.53. The van der Waals surface area contributed by atoms with Gasteiger partial charge in [-0.25, -0.2) is 5.48 Å². The second-order valence-electron chi connectivity index (χ2n) is 7.01. The normalized spacial score (nSPS) is 10.4. The molecule has 0 fully saturated rings. The van der Waals surface area contributed by atoms with Crippen LogP contribution in [0.4, 0.5) is 0 Å². The first-order chi connectivity index (χ1) is 15.7. The van der Waals surface area contributed by atoms with Gasteiger partial charge < -0.3 is 9.47 Å². The minimum atomic E-state index is -0.629. The number of hydroxylamine groups is 1. The van der Waals surface area contributed by atoms with E-state index in [1.54, 1.807) is 29.7 Å². The molecule has 0 unspecified atom stereocenters. The number of carbonyl (C=O) groups excluding carboxylic acids is 1. The highest BCUT2D eigenvalue weighted by Crippen LogP contribution is 2.28. The number of ether oxygens (including phenoxy) is 2. The van der Waals surface area contributed by atoms with E-state index in [9.17, 15) is 4.79 Å². The van der Waals surface area contributed by atoms with Gasteiger partial charge in [-0.3, -0.25) is 10.0 Å². The number of hydrogen-bond donors (Lipinski definition) is 2. The highest BCUT2D eigenvalue weighted by atomic mass is 16.5. The molecule has 0 radical (unpaired) electrons. The summed E-state index contributed by atoms with van der Waals surface area (Å²) in [5.41, 5.74) is 4.63. The number of nitriles is 1. The number of rotatable bonds is 7. The van der Waals surface area contributed by atoms with Crippen molar-refractivity contribution in [2.45, 2.75) is 0 Å². The van der Waals surface area contributed by atoms with Crippen molar-refractivity contribution in [3.63, 3.8) is 0 Å². The van der Waals surface area contributed by atoms with Gasteiger partial charge in [-0.05, 0) is 52.2 Å². The van der Waals surface area contributed by atoms with Gasteiger partial charge in [0.15, 0.2) is 0 Å². The van der Waals surface area contributed by atoms with Gasteiger partial charge in [0.1, 0.15) is 24.7 Å². The minimum absolute atomic E-state index is 0.224. The Morgan fingerprint density at radius 2 is 1.50 bits per heavy atom. The molecule has 6 nitrogen and oxygen atoms in total. The molecule has 2 N–H and O–H groups in total. The van der Waals surface area contributed by atoms with Crippen molar-refractivity contribution in [3.8, 4) is 28.7 Å². The van der Waals surface area contributed by atoms with Crippen LogP contribution in [0.25, 0.3) is 21.9 Å². The lowest BCUT2D eigenvalue weighted by atomic mass is 10.0. The van der Waals surface area contributed by atoms with Crippen LogP contribution in [0.5, 0.6) is 11.5 Å². The Balaban J connectivity index is 1.38. The lowest BCUT2D eigenvalue weighted by Crippen LogP contribution is -2.21. The van der Waals surface area contributed by atoms with Gasteiger partial charge in [-0.15, -0.1) is 0 Å². The maximum atomic E-state index is 12.2. The molecular weight excluding hydrogens is 404 g/mol. The molecule has 1 amide bonds. The second-order valence-corrected chi connectivity index (χ2v) is 7.01. The standard InChI is InChI=1S/C26H20N2O4/c27-17-18-5-7-19(8-6-18)20-9-12-22(13-10-20)31-15-16-32-24-14-11-21-3-1-2-4-23(21)25(24)26(29)28-30/h1-14,30H,15-16H2,(H,28,29). The lowest BCUT2D eigenvalue weighted by Gasteiger charge is -2.13. The number of nitrogens with zero attached hydrogens (tertiary/aromatic N) is 1. The summed E-state index contributed by atoms with van der Waals surface area (Å²) in [6, 6.07) is 28.1. The molecule has 6 heteroatoms. The van der Waals surface area contributed by atoms with Crippen LogP contribution in [0.1, 0.15) is 15.9 Å². The van der Waals surface area contributed by atoms with Gasteiger partial charge in [-0.1, -0.05) is 54.6 Å². The Morgan fingerprint density at radius 1 is 0.844 bits per heavy atom. The van der Waals surface area contributed by atoms with Crippen molar-refractivity contribution in [2.75, 3.05) is 13.2 Å². The van der Waals surface area contributed by atoms with Crippen molar-refractivity contribution in [3.05, 3.63) is 96.1 Å². The molecule has 0 aliphatic heterocycles. The number of fused-ring (bicyclic) bond motifs is 1. The fraction of sp³-hybridized carbons (Fsp3) is 0.0769. The summed E-state index contributed by atoms with van der Waals surface area (Å²) in [5, 5.41) is 19.6. The molecule has 0 saturated heterocycles. The Kier molecular flexibility index (Phi) is 6.30. The van der Waals surface area contributed by atoms with E-state index in [2.05, 4.69) is 6.07 Å². The summed E-state index contributed by atoms with van der Waals surface area (Å²) in [5.74, 6) is 0.434. The lowest BCUT2D eigenvalue weighted by molar-refractivity contribution is 0.0703. The number of carbonyl (C=O) groups is 1. The summed E-state index contributed by atoms with van der Waals surface area (Å²) in [4.78, 5) is 12.2. The molecule has 0 saturated carbocycles. The van der Waals surface area contributed by atoms with Crippen molar-refractivity contribution >= 4 is 16.7 Å². The van der Waals surface area contributed by atoms with Gasteiger partial charge in [0, 0.05) is 0 Å². The fourth-order valence-electron chi connectivity index (χ4n) is 3.45. The molecule has 158 valence electrons. The monoisotopic (exact) mass is 424 g/mol. The first kappa shape index (κ1) is 20.9. The molecule has 4 aromatic rings. The average Bonchev–Trinajstić information content (AvgIpc) is 2.86. The van der Waals surface area contributed by atoms with Gasteiger partial charge in [0.2, 0.25) is 0 Å². The number of hydrogen-bond acceptors (Lipinski definition) is 5. The Hall–Kier alpha value is -4.34. The first-order valence-corrected chi connectivity index (χ1v) is 10.0. The van der Waals surface area contributed by atoms with Crippen molar-refractivity contribution in [2.24, 2.45) is 0 Å². The average molecular weight is 424 g/mol. The maximum Gasteiger partial charge on any atom is 0.279 e. The van der Waals surface area contributed by atoms with E-state index < -0.39 is 5.91 Å². The van der Waals surface area contributed by atoms with Gasteiger partial charge >= 0.3 is 0 Å². The molecule has 4 rings (SSSR count). The topological polar surface area (TPSA) is 91.6 Å². The highest BCUT2D eigenvalue weighted by Gasteiger charge is 2.16. The van der Waals surface area contributed by atoms with Crippen LogP contribution < -0.4 is 15.0 Å². The molecule has 0 aromatic heterocycles. The molecule has 0 aliphatic carbocycles. The SMILES string of the molecule is N#Cc1ccc(-c2ccc(OCCOc3ccc4ccccc4c3C(=O)NO)cc2)cc1. The summed E-state index contributed by atoms with van der Waals surface area (Å²) < 4.78 is 11.5. The highest BCUT2D eigenvalue weighted by molar-refractivity contribution is 6.09. The molecular formula is C26H20N2O4. The van der Waals surface area contributed by atoms with Crippen molar-refractivity contribution < 1.29 is 19.5 Å². The van der Waals surface area contributed by atoms with Gasteiger partial charge in [0.05, 0.1) is 17.2 Å². The zero-order valence-corrected chi connectivity index (χ0v) is 17.1. The van der Waals surface area contributed by atoms with Gasteiger partial charge in [0.25, 0.3) is 5.91 Å². The van der Waals surface area contributed by atoms with Crippen LogP contribution in [-0.2, 0) is 0 Å². The van der Waals surface area contributed by atoms with E-state index in [0.717, 1.165) is 16.5 Å². The largest absolute Gasteiger partial charge is 0.490 e. The molecule has 0 spiro atoms. The molecule has 32 heavy (non-hydrogen) atoms. The number of amides is 1. The molecule has 0 heterocycles. The summed E-state index contributed by atoms with van der Waals surface area (Å²) in [6.45, 7) is 0.505. The second kappa shape index (κ2) is 9.65. The predicted molar refractivity (Wildman–Crippen MR) is 121 cm³/mol. The van der Waals surface area contributed by atoms with Crippen LogP contribution >= 0.6 is 0 Å². The zero-order chi connectivity index (χ0) is 22.3. The van der Waals surface area contributed by atoms with Crippen LogP contribution in [0.3, 0.4) is 0 Å². The van der Waals surface area contributed by atoms with Gasteiger partial charge in [-0.2, -0.15) is 5.26 Å². The summed E-state index contributed by atoms with van der Waals surface area (Å²) >= 11 is 0. The number of nitrogens with one attached hydrogen (secondary N) is 1. The molecule has 0 bridgehead atoms. The minimum Gasteiger partial charge on any atom is -0.490 e. The van der Waals surface area contributed by atoms with Crippen LogP contribution in [0.2, 0.25) is 0 Å². The van der Waals surface area contributed by atoms with Crippen LogP contribution in [-0.4, -0.2) is 24.3 Å². The van der Waals surface area contributed by atoms with E-state index in [-0.39, 0.29) is 18.8 Å². The van der Waals surface area contributed by atoms with E-state index in [0.29, 0.717) is 22.4 Å². The van der Waals surface area contributed by atoms with Crippen LogP contribution in [0, 0.1) is 11.3 Å². The first-order valence-electron chi connectivity index (χ1n) is 10.0. The Morgan fingerprint density at radius 3 is 2.19 bits per heavy atom. The molecule has 0 atom stereocenters. The Labute approximate surface area is 185 Å². The van der Waals surface area contributed by atoms with Crippen molar-refractivity contribution in [1.82, 2.24) is 5.48 Å². The summed E-state index contributed by atoms with van der Waals surface area (Å²) in [7, 11) is 0. The predicted octanol–water partition coefficient (Wildman–Crippen LogP) is 4.96. The van der Waals surface area contributed by atoms with E-state index in [1.165, 1.54) is 0 Å². The Bertz CT molecular complexity index is 1280. The smallest absolute Gasteiger partial charge is 0.279 e. The fourth-order valence-corrected chi connectivity index (χ4v) is 3.45. The van der Waals surface area contributed by atoms with E-state index in [1.807, 2.05) is 60.7 Å². The third-order valence-corrected chi connectivity index (χ3v) is 5.03. The van der Waals surface area contributed by atoms with Crippen molar-refractivity contribution in [1.29, 1.82) is 5.26 Å².